The van der Waals surface area contributed by atoms with Gasteiger partial charge in [0.2, 0.25) is 5.13 Å². The highest BCUT2D eigenvalue weighted by molar-refractivity contribution is 7.81. The van der Waals surface area contributed by atoms with E-state index in [0.29, 0.717) is 10.1 Å². The number of rotatable bonds is 3. The number of nitrogen functional groups attached to an aromatic ring is 1. The molecule has 0 aliphatic carbocycles. The van der Waals surface area contributed by atoms with Crippen LogP contribution in [0.4, 0.5) is 10.8 Å². The van der Waals surface area contributed by atoms with E-state index in [1.54, 1.807) is 0 Å². The number of hydrogen-bond acceptors (Lipinski definition) is 5. The summed E-state index contributed by atoms with van der Waals surface area (Å²) < 4.78 is 0. The van der Waals surface area contributed by atoms with Crippen LogP contribution in [0.3, 0.4) is 0 Å². The fourth-order valence-electron chi connectivity index (χ4n) is 1.91. The van der Waals surface area contributed by atoms with Crippen LogP contribution in [0.1, 0.15) is 5.56 Å². The van der Waals surface area contributed by atoms with Crippen molar-refractivity contribution in [3.63, 3.8) is 0 Å². The molecule has 0 spiro atoms. The minimum absolute atomic E-state index is 0.449. The predicted octanol–water partition coefficient (Wildman–Crippen LogP) is 3.57. The van der Waals surface area contributed by atoms with Crippen molar-refractivity contribution in [3.05, 3.63) is 60.2 Å². The second-order valence-electron chi connectivity index (χ2n) is 4.31. The summed E-state index contributed by atoms with van der Waals surface area (Å²) in [6.07, 6.45) is 0. The van der Waals surface area contributed by atoms with E-state index in [0.717, 1.165) is 21.8 Å². The molecular formula is C15H12N4S2. The first-order chi connectivity index (χ1) is 10.2. The average molecular weight is 312 g/mol. The molecule has 0 saturated carbocycles. The smallest absolute Gasteiger partial charge is 0.203 e. The molecule has 0 unspecified atom stereocenters. The van der Waals surface area contributed by atoms with Crippen LogP contribution in [0.25, 0.3) is 10.6 Å². The quantitative estimate of drug-likeness (QED) is 0.724. The lowest BCUT2D eigenvalue weighted by Crippen LogP contribution is -2.10. The summed E-state index contributed by atoms with van der Waals surface area (Å²) in [6.45, 7) is 0. The number of anilines is 2. The SMILES string of the molecule is Nc1nnc(-c2ccccc2NC(=S)c2ccccc2)s1. The fraction of sp³-hybridized carbons (Fsp3) is 0. The Balaban J connectivity index is 1.91. The third-order valence-corrected chi connectivity index (χ3v) is 4.01. The van der Waals surface area contributed by atoms with Gasteiger partial charge in [0.05, 0.1) is 0 Å². The van der Waals surface area contributed by atoms with Gasteiger partial charge in [0.25, 0.3) is 0 Å². The van der Waals surface area contributed by atoms with Gasteiger partial charge < -0.3 is 11.1 Å². The van der Waals surface area contributed by atoms with Crippen molar-refractivity contribution < 1.29 is 0 Å². The molecule has 0 radical (unpaired) electrons. The number of nitrogens with zero attached hydrogens (tertiary/aromatic N) is 2. The van der Waals surface area contributed by atoms with E-state index in [9.17, 15) is 0 Å². The molecule has 0 bridgehead atoms. The van der Waals surface area contributed by atoms with Crippen LogP contribution in [0, 0.1) is 0 Å². The van der Waals surface area contributed by atoms with E-state index in [1.807, 2.05) is 54.6 Å². The number of nitrogens with two attached hydrogens (primary N) is 1. The second-order valence-corrected chi connectivity index (χ2v) is 5.73. The van der Waals surface area contributed by atoms with Crippen LogP contribution in [-0.4, -0.2) is 15.2 Å². The normalized spacial score (nSPS) is 10.3. The van der Waals surface area contributed by atoms with Gasteiger partial charge in [-0.3, -0.25) is 0 Å². The van der Waals surface area contributed by atoms with Gasteiger partial charge in [-0.25, -0.2) is 0 Å². The summed E-state index contributed by atoms with van der Waals surface area (Å²) in [5.74, 6) is 0. The van der Waals surface area contributed by atoms with Crippen LogP contribution < -0.4 is 11.1 Å². The third kappa shape index (κ3) is 3.07. The molecule has 1 heterocycles. The van der Waals surface area contributed by atoms with Gasteiger partial charge in [-0.2, -0.15) is 0 Å². The van der Waals surface area contributed by atoms with Crippen molar-refractivity contribution in [2.45, 2.75) is 0 Å². The number of aromatic nitrogens is 2. The van der Waals surface area contributed by atoms with Gasteiger partial charge in [-0.15, -0.1) is 10.2 Å². The standard InChI is InChI=1S/C15H12N4S2/c16-15-19-18-14(21-15)11-8-4-5-9-12(11)17-13(20)10-6-2-1-3-7-10/h1-9H,(H2,16,19)(H,17,20). The molecule has 1 aromatic heterocycles. The molecule has 0 fully saturated rings. The highest BCUT2D eigenvalue weighted by atomic mass is 32.1. The lowest BCUT2D eigenvalue weighted by molar-refractivity contribution is 1.10. The molecule has 0 aliphatic rings. The minimum Gasteiger partial charge on any atom is -0.374 e. The van der Waals surface area contributed by atoms with Crippen LogP contribution in [-0.2, 0) is 0 Å². The summed E-state index contributed by atoms with van der Waals surface area (Å²) in [5.41, 5.74) is 8.45. The van der Waals surface area contributed by atoms with E-state index in [-0.39, 0.29) is 0 Å². The summed E-state index contributed by atoms with van der Waals surface area (Å²) in [5, 5.41) is 12.4. The Hall–Kier alpha value is -2.31. The maximum absolute atomic E-state index is 5.66. The van der Waals surface area contributed by atoms with Crippen molar-refractivity contribution in [1.82, 2.24) is 10.2 Å². The topological polar surface area (TPSA) is 63.8 Å². The third-order valence-electron chi connectivity index (χ3n) is 2.88. The molecule has 4 nitrogen and oxygen atoms in total. The number of nitrogens with one attached hydrogen (secondary N) is 1. The number of thiocarbonyl (C=S) groups is 1. The first-order valence-electron chi connectivity index (χ1n) is 6.29. The largest absolute Gasteiger partial charge is 0.374 e. The average Bonchev–Trinajstić information content (AvgIpc) is 2.95. The molecule has 104 valence electrons. The zero-order valence-corrected chi connectivity index (χ0v) is 12.6. The molecule has 0 aliphatic heterocycles. The summed E-state index contributed by atoms with van der Waals surface area (Å²) in [7, 11) is 0. The highest BCUT2D eigenvalue weighted by Crippen LogP contribution is 2.31. The maximum Gasteiger partial charge on any atom is 0.203 e. The van der Waals surface area contributed by atoms with E-state index in [4.69, 9.17) is 18.0 Å². The van der Waals surface area contributed by atoms with Crippen LogP contribution >= 0.6 is 23.6 Å². The molecule has 6 heteroatoms. The molecule has 3 rings (SSSR count). The molecular weight excluding hydrogens is 300 g/mol. The lowest BCUT2D eigenvalue weighted by atomic mass is 10.1. The van der Waals surface area contributed by atoms with E-state index < -0.39 is 0 Å². The first-order valence-corrected chi connectivity index (χ1v) is 7.51. The number of para-hydroxylation sites is 1. The molecule has 0 saturated heterocycles. The van der Waals surface area contributed by atoms with Crippen LogP contribution in [0.15, 0.2) is 54.6 Å². The summed E-state index contributed by atoms with van der Waals surface area (Å²) >= 11 is 6.80. The van der Waals surface area contributed by atoms with Gasteiger partial charge in [0, 0.05) is 16.8 Å². The zero-order valence-electron chi connectivity index (χ0n) is 11.0. The van der Waals surface area contributed by atoms with Gasteiger partial charge in [0.15, 0.2) is 5.01 Å². The van der Waals surface area contributed by atoms with Crippen molar-refractivity contribution in [1.29, 1.82) is 0 Å². The maximum atomic E-state index is 5.66. The Bertz CT molecular complexity index is 768. The minimum atomic E-state index is 0.449. The Kier molecular flexibility index (Phi) is 3.89. The lowest BCUT2D eigenvalue weighted by Gasteiger charge is -2.11. The van der Waals surface area contributed by atoms with Gasteiger partial charge in [0.1, 0.15) is 4.99 Å². The van der Waals surface area contributed by atoms with Gasteiger partial charge in [-0.1, -0.05) is 66.0 Å². The van der Waals surface area contributed by atoms with E-state index in [2.05, 4.69) is 15.5 Å². The Morgan fingerprint density at radius 1 is 1.00 bits per heavy atom. The molecule has 21 heavy (non-hydrogen) atoms. The second kappa shape index (κ2) is 5.99. The van der Waals surface area contributed by atoms with Crippen molar-refractivity contribution in [3.8, 4) is 10.6 Å². The highest BCUT2D eigenvalue weighted by Gasteiger charge is 2.11. The number of hydrogen-bond donors (Lipinski definition) is 2. The van der Waals surface area contributed by atoms with Crippen molar-refractivity contribution in [2.24, 2.45) is 0 Å². The summed E-state index contributed by atoms with van der Waals surface area (Å²) in [4.78, 5) is 0.667. The predicted molar refractivity (Wildman–Crippen MR) is 91.5 cm³/mol. The number of benzene rings is 2. The molecule has 3 N–H and O–H groups in total. The monoisotopic (exact) mass is 312 g/mol. The Labute approximate surface area is 131 Å². The van der Waals surface area contributed by atoms with Crippen molar-refractivity contribution in [2.75, 3.05) is 11.1 Å². The van der Waals surface area contributed by atoms with Crippen LogP contribution in [0.2, 0.25) is 0 Å². The zero-order chi connectivity index (χ0) is 14.7. The van der Waals surface area contributed by atoms with Gasteiger partial charge >= 0.3 is 0 Å². The summed E-state index contributed by atoms with van der Waals surface area (Å²) in [6, 6.07) is 17.7. The first kappa shape index (κ1) is 13.7. The van der Waals surface area contributed by atoms with E-state index >= 15 is 0 Å². The Morgan fingerprint density at radius 3 is 2.43 bits per heavy atom. The molecule has 3 aromatic rings. The van der Waals surface area contributed by atoms with Crippen molar-refractivity contribution >= 4 is 39.4 Å². The van der Waals surface area contributed by atoms with Gasteiger partial charge in [-0.05, 0) is 12.1 Å². The fourth-order valence-corrected chi connectivity index (χ4v) is 2.80. The van der Waals surface area contributed by atoms with E-state index in [1.165, 1.54) is 11.3 Å². The molecule has 0 atom stereocenters. The molecule has 0 amide bonds. The molecule has 2 aromatic carbocycles. The Morgan fingerprint density at radius 2 is 1.71 bits per heavy atom. The van der Waals surface area contributed by atoms with Crippen LogP contribution in [0.5, 0.6) is 0 Å².